The minimum Gasteiger partial charge on any atom is -0.398 e. The first-order valence-corrected chi connectivity index (χ1v) is 6.35. The molecule has 0 aliphatic heterocycles. The van der Waals surface area contributed by atoms with Gasteiger partial charge in [-0.15, -0.1) is 0 Å². The van der Waals surface area contributed by atoms with Crippen LogP contribution in [-0.2, 0) is 0 Å². The fourth-order valence-corrected chi connectivity index (χ4v) is 2.35. The van der Waals surface area contributed by atoms with Gasteiger partial charge in [0.1, 0.15) is 0 Å². The van der Waals surface area contributed by atoms with E-state index in [1.165, 1.54) is 16.7 Å². The van der Waals surface area contributed by atoms with Crippen LogP contribution >= 0.6 is 0 Å². The first-order chi connectivity index (χ1) is 9.36. The molecule has 0 aromatic heterocycles. The first kappa shape index (κ1) is 11.5. The van der Waals surface area contributed by atoms with Crippen molar-refractivity contribution >= 4 is 5.57 Å². The fraction of sp³-hybridized carbons (Fsp3) is 0. The smallest absolute Gasteiger partial charge is 0.0394 e. The Bertz CT molecular complexity index is 620. The molecule has 2 N–H and O–H groups in total. The number of nitrogens with two attached hydrogens (primary N) is 1. The molecule has 0 saturated carbocycles. The maximum absolute atomic E-state index is 6.10. The zero-order chi connectivity index (χ0) is 13.1. The lowest BCUT2D eigenvalue weighted by molar-refractivity contribution is 1.37. The van der Waals surface area contributed by atoms with Gasteiger partial charge in [0.15, 0.2) is 0 Å². The van der Waals surface area contributed by atoms with Crippen molar-refractivity contribution in [1.29, 1.82) is 0 Å². The van der Waals surface area contributed by atoms with Crippen LogP contribution in [0.4, 0.5) is 0 Å². The molecule has 19 heavy (non-hydrogen) atoms. The Hall–Kier alpha value is -2.54. The van der Waals surface area contributed by atoms with Crippen molar-refractivity contribution in [3.8, 4) is 0 Å². The van der Waals surface area contributed by atoms with Crippen LogP contribution in [-0.4, -0.2) is 0 Å². The molecule has 0 unspecified atom stereocenters. The van der Waals surface area contributed by atoms with Gasteiger partial charge in [-0.05, 0) is 22.8 Å². The van der Waals surface area contributed by atoms with Gasteiger partial charge in [0.25, 0.3) is 0 Å². The summed E-state index contributed by atoms with van der Waals surface area (Å²) in [5, 5.41) is 0. The molecule has 0 saturated heterocycles. The Morgan fingerprint density at radius 2 is 1.26 bits per heavy atom. The minimum atomic E-state index is 0.822. The van der Waals surface area contributed by atoms with Crippen LogP contribution in [0.1, 0.15) is 11.1 Å². The molecule has 0 spiro atoms. The van der Waals surface area contributed by atoms with Crippen molar-refractivity contribution in [3.63, 3.8) is 0 Å². The Morgan fingerprint density at radius 1 is 0.737 bits per heavy atom. The number of benzene rings is 2. The Balaban J connectivity index is 2.24. The lowest BCUT2D eigenvalue weighted by atomic mass is 9.92. The van der Waals surface area contributed by atoms with Gasteiger partial charge in [0, 0.05) is 11.3 Å². The van der Waals surface area contributed by atoms with Crippen LogP contribution in [0.5, 0.6) is 0 Å². The average Bonchev–Trinajstić information content (AvgIpc) is 2.88. The van der Waals surface area contributed by atoms with Gasteiger partial charge in [0.05, 0.1) is 0 Å². The van der Waals surface area contributed by atoms with Crippen molar-refractivity contribution in [2.75, 3.05) is 0 Å². The van der Waals surface area contributed by atoms with E-state index >= 15 is 0 Å². The topological polar surface area (TPSA) is 26.0 Å². The second-order valence-electron chi connectivity index (χ2n) is 4.50. The molecule has 1 aliphatic carbocycles. The van der Waals surface area contributed by atoms with Crippen LogP contribution in [0.2, 0.25) is 0 Å². The molecule has 0 amide bonds. The van der Waals surface area contributed by atoms with E-state index in [4.69, 9.17) is 5.73 Å². The summed E-state index contributed by atoms with van der Waals surface area (Å²) in [5.74, 6) is 0. The van der Waals surface area contributed by atoms with Crippen molar-refractivity contribution < 1.29 is 0 Å². The number of hydrogen-bond acceptors (Lipinski definition) is 1. The maximum Gasteiger partial charge on any atom is 0.0394 e. The van der Waals surface area contributed by atoms with Gasteiger partial charge in [-0.2, -0.15) is 0 Å². The van der Waals surface area contributed by atoms with E-state index in [1.54, 1.807) is 0 Å². The highest BCUT2D eigenvalue weighted by Gasteiger charge is 2.13. The lowest BCUT2D eigenvalue weighted by Gasteiger charge is -2.12. The van der Waals surface area contributed by atoms with Gasteiger partial charge in [0.2, 0.25) is 0 Å². The van der Waals surface area contributed by atoms with Gasteiger partial charge in [-0.1, -0.05) is 72.8 Å². The predicted molar refractivity (Wildman–Crippen MR) is 80.3 cm³/mol. The molecule has 2 aromatic carbocycles. The van der Waals surface area contributed by atoms with Crippen LogP contribution in [0.25, 0.3) is 5.57 Å². The lowest BCUT2D eigenvalue weighted by Crippen LogP contribution is -2.01. The third kappa shape index (κ3) is 2.23. The second-order valence-corrected chi connectivity index (χ2v) is 4.50. The highest BCUT2D eigenvalue weighted by molar-refractivity contribution is 5.87. The van der Waals surface area contributed by atoms with Crippen molar-refractivity contribution in [3.05, 3.63) is 101 Å². The molecule has 0 radical (unpaired) electrons. The van der Waals surface area contributed by atoms with E-state index in [1.807, 2.05) is 24.3 Å². The van der Waals surface area contributed by atoms with E-state index in [0.29, 0.717) is 0 Å². The number of hydrogen-bond donors (Lipinski definition) is 1. The van der Waals surface area contributed by atoms with E-state index in [-0.39, 0.29) is 0 Å². The zero-order valence-corrected chi connectivity index (χ0v) is 10.6. The van der Waals surface area contributed by atoms with Crippen molar-refractivity contribution in [2.45, 2.75) is 0 Å². The third-order valence-electron chi connectivity index (χ3n) is 3.24. The molecule has 1 aliphatic rings. The van der Waals surface area contributed by atoms with Crippen LogP contribution < -0.4 is 5.73 Å². The molecule has 2 aromatic rings. The van der Waals surface area contributed by atoms with E-state index in [9.17, 15) is 0 Å². The zero-order valence-electron chi connectivity index (χ0n) is 10.6. The standard InChI is InChI=1S/C18H15N/c19-17-13-7-12-16(17)18(14-8-3-1-4-9-14)15-10-5-2-6-11-15/h1-13H,19H2. The Morgan fingerprint density at radius 3 is 1.68 bits per heavy atom. The number of rotatable bonds is 2. The first-order valence-electron chi connectivity index (χ1n) is 6.35. The predicted octanol–water partition coefficient (Wildman–Crippen LogP) is 3.90. The molecule has 92 valence electrons. The molecule has 0 atom stereocenters. The quantitative estimate of drug-likeness (QED) is 0.853. The second kappa shape index (κ2) is 4.99. The summed E-state index contributed by atoms with van der Waals surface area (Å²) in [6, 6.07) is 20.7. The summed E-state index contributed by atoms with van der Waals surface area (Å²) in [7, 11) is 0. The van der Waals surface area contributed by atoms with E-state index in [2.05, 4.69) is 54.6 Å². The Kier molecular flexibility index (Phi) is 3.03. The summed E-state index contributed by atoms with van der Waals surface area (Å²) >= 11 is 0. The molecule has 0 heterocycles. The number of allylic oxidation sites excluding steroid dienone is 3. The highest BCUT2D eigenvalue weighted by Crippen LogP contribution is 2.31. The maximum atomic E-state index is 6.10. The molecular weight excluding hydrogens is 230 g/mol. The summed E-state index contributed by atoms with van der Waals surface area (Å²) in [4.78, 5) is 0. The van der Waals surface area contributed by atoms with Gasteiger partial charge < -0.3 is 5.73 Å². The highest BCUT2D eigenvalue weighted by atomic mass is 14.6. The van der Waals surface area contributed by atoms with E-state index in [0.717, 1.165) is 11.3 Å². The molecular formula is C18H15N. The monoisotopic (exact) mass is 245 g/mol. The van der Waals surface area contributed by atoms with Gasteiger partial charge in [-0.3, -0.25) is 0 Å². The van der Waals surface area contributed by atoms with E-state index < -0.39 is 0 Å². The van der Waals surface area contributed by atoms with Crippen molar-refractivity contribution in [2.24, 2.45) is 5.73 Å². The fourth-order valence-electron chi connectivity index (χ4n) is 2.35. The summed E-state index contributed by atoms with van der Waals surface area (Å²) in [6.45, 7) is 0. The largest absolute Gasteiger partial charge is 0.398 e. The molecule has 0 fully saturated rings. The van der Waals surface area contributed by atoms with Crippen LogP contribution in [0, 0.1) is 0 Å². The summed E-state index contributed by atoms with van der Waals surface area (Å²) in [6.07, 6.45) is 6.02. The van der Waals surface area contributed by atoms with Gasteiger partial charge in [-0.25, -0.2) is 0 Å². The summed E-state index contributed by atoms with van der Waals surface area (Å²) in [5.41, 5.74) is 11.6. The average molecular weight is 245 g/mol. The molecule has 1 nitrogen and oxygen atoms in total. The van der Waals surface area contributed by atoms with Crippen LogP contribution in [0.3, 0.4) is 0 Å². The normalized spacial score (nSPS) is 13.5. The SMILES string of the molecule is NC1=CC=CC1=C(c1ccccc1)c1ccccc1. The molecule has 1 heteroatoms. The molecule has 3 rings (SSSR count). The Labute approximate surface area is 113 Å². The van der Waals surface area contributed by atoms with Gasteiger partial charge >= 0.3 is 0 Å². The van der Waals surface area contributed by atoms with Crippen LogP contribution in [0.15, 0.2) is 90.2 Å². The molecule has 0 bridgehead atoms. The summed E-state index contributed by atoms with van der Waals surface area (Å²) < 4.78 is 0. The van der Waals surface area contributed by atoms with Crippen molar-refractivity contribution in [1.82, 2.24) is 0 Å². The minimum absolute atomic E-state index is 0.822. The third-order valence-corrected chi connectivity index (χ3v) is 3.24.